The molecule has 5 rings (SSSR count). The predicted molar refractivity (Wildman–Crippen MR) is 145 cm³/mol. The molecule has 0 radical (unpaired) electrons. The molecular weight excluding hydrogens is 494 g/mol. The van der Waals surface area contributed by atoms with E-state index < -0.39 is 11.9 Å². The lowest BCUT2D eigenvalue weighted by Crippen LogP contribution is -2.21. The smallest absolute Gasteiger partial charge is 0.311 e. The Morgan fingerprint density at radius 2 is 1.85 bits per heavy atom. The fourth-order valence-electron chi connectivity index (χ4n) is 4.52. The summed E-state index contributed by atoms with van der Waals surface area (Å²) in [5, 5.41) is 22.0. The number of nitriles is 1. The van der Waals surface area contributed by atoms with Gasteiger partial charge in [-0.25, -0.2) is 4.98 Å². The summed E-state index contributed by atoms with van der Waals surface area (Å²) in [6, 6.07) is 23.1. The number of aryl methyl sites for hydroxylation is 1. The topological polar surface area (TPSA) is 122 Å². The minimum absolute atomic E-state index is 0.196. The summed E-state index contributed by atoms with van der Waals surface area (Å²) >= 11 is 0. The zero-order valence-electron chi connectivity index (χ0n) is 21.4. The molecule has 0 spiro atoms. The third-order valence-corrected chi connectivity index (χ3v) is 6.79. The minimum Gasteiger partial charge on any atom is -0.493 e. The van der Waals surface area contributed by atoms with Crippen LogP contribution in [0.3, 0.4) is 0 Å². The molecule has 1 unspecified atom stereocenters. The zero-order valence-corrected chi connectivity index (χ0v) is 21.4. The van der Waals surface area contributed by atoms with Gasteiger partial charge in [0.05, 0.1) is 23.8 Å². The fourth-order valence-corrected chi connectivity index (χ4v) is 4.52. The van der Waals surface area contributed by atoms with E-state index in [0.717, 1.165) is 16.8 Å². The van der Waals surface area contributed by atoms with Gasteiger partial charge in [0.1, 0.15) is 29.1 Å². The molecule has 1 aliphatic heterocycles. The van der Waals surface area contributed by atoms with Gasteiger partial charge in [0.2, 0.25) is 0 Å². The van der Waals surface area contributed by atoms with E-state index in [-0.39, 0.29) is 23.8 Å². The van der Waals surface area contributed by atoms with Crippen LogP contribution in [0.2, 0.25) is 0 Å². The third-order valence-electron chi connectivity index (χ3n) is 6.79. The maximum Gasteiger partial charge on any atom is 0.311 e. The van der Waals surface area contributed by atoms with Crippen LogP contribution in [-0.2, 0) is 4.79 Å². The molecular formula is C31H25N3O5. The predicted octanol–water partition coefficient (Wildman–Crippen LogP) is 6.23. The first-order valence-corrected chi connectivity index (χ1v) is 12.4. The number of carboxylic acids is 1. The molecule has 0 saturated carbocycles. The van der Waals surface area contributed by atoms with Crippen LogP contribution in [0.25, 0.3) is 11.3 Å². The van der Waals surface area contributed by atoms with Crippen molar-refractivity contribution in [2.45, 2.75) is 26.2 Å². The van der Waals surface area contributed by atoms with E-state index in [1.807, 2.05) is 44.2 Å². The van der Waals surface area contributed by atoms with Gasteiger partial charge in [0.25, 0.3) is 5.91 Å². The first kappa shape index (κ1) is 25.5. The number of hydrogen-bond acceptors (Lipinski definition) is 6. The lowest BCUT2D eigenvalue weighted by Gasteiger charge is -2.24. The largest absolute Gasteiger partial charge is 0.493 e. The van der Waals surface area contributed by atoms with Crippen LogP contribution in [0, 0.1) is 25.2 Å². The molecule has 0 fully saturated rings. The number of nitrogens with one attached hydrogen (secondary N) is 1. The summed E-state index contributed by atoms with van der Waals surface area (Å²) in [5.41, 5.74) is 5.14. The van der Waals surface area contributed by atoms with Gasteiger partial charge in [0.15, 0.2) is 0 Å². The quantitative estimate of drug-likeness (QED) is 0.310. The fraction of sp³-hybridized carbons (Fsp3) is 0.161. The average Bonchev–Trinajstić information content (AvgIpc) is 2.94. The molecule has 0 bridgehead atoms. The Kier molecular flexibility index (Phi) is 6.98. The highest BCUT2D eigenvalue weighted by Gasteiger charge is 2.29. The molecule has 1 amide bonds. The summed E-state index contributed by atoms with van der Waals surface area (Å²) in [5.74, 6) is -0.551. The normalized spacial score (nSPS) is 13.9. The van der Waals surface area contributed by atoms with Gasteiger partial charge >= 0.3 is 5.97 Å². The number of pyridine rings is 1. The standard InChI is InChI=1S/C31H25N3O5/c1-18-5-3-6-23(19(18)2)26-7-4-8-29(33-26)34-30(35)20-9-11-22(12-10-20)39-27-16-28-25(15-21(27)17-32)24(31(36)37)13-14-38-28/h3-12,15-16,24H,13-14H2,1-2H3,(H,36,37)(H,33,34,35). The Bertz CT molecular complexity index is 1620. The molecule has 39 heavy (non-hydrogen) atoms. The van der Waals surface area contributed by atoms with Gasteiger partial charge in [0, 0.05) is 22.8 Å². The molecule has 0 saturated heterocycles. The van der Waals surface area contributed by atoms with Gasteiger partial charge < -0.3 is 19.9 Å². The maximum atomic E-state index is 12.9. The van der Waals surface area contributed by atoms with Crippen molar-refractivity contribution in [2.24, 2.45) is 0 Å². The van der Waals surface area contributed by atoms with Crippen molar-refractivity contribution in [1.82, 2.24) is 4.98 Å². The number of carbonyl (C=O) groups excluding carboxylic acids is 1. The maximum absolute atomic E-state index is 12.9. The third kappa shape index (κ3) is 5.29. The van der Waals surface area contributed by atoms with E-state index in [9.17, 15) is 20.0 Å². The van der Waals surface area contributed by atoms with Crippen LogP contribution >= 0.6 is 0 Å². The van der Waals surface area contributed by atoms with Gasteiger partial charge in [-0.05, 0) is 73.9 Å². The highest BCUT2D eigenvalue weighted by atomic mass is 16.5. The van der Waals surface area contributed by atoms with Crippen molar-refractivity contribution < 1.29 is 24.2 Å². The number of nitrogens with zero attached hydrogens (tertiary/aromatic N) is 2. The van der Waals surface area contributed by atoms with Crippen LogP contribution in [-0.4, -0.2) is 28.6 Å². The SMILES string of the molecule is Cc1cccc(-c2cccc(NC(=O)c3ccc(Oc4cc5c(cc4C#N)C(C(=O)O)CCO5)cc3)n2)c1C. The lowest BCUT2D eigenvalue weighted by molar-refractivity contribution is -0.139. The van der Waals surface area contributed by atoms with Crippen molar-refractivity contribution in [3.05, 3.63) is 101 Å². The van der Waals surface area contributed by atoms with Crippen LogP contribution in [0.15, 0.2) is 72.8 Å². The molecule has 8 nitrogen and oxygen atoms in total. The highest BCUT2D eigenvalue weighted by molar-refractivity contribution is 6.03. The monoisotopic (exact) mass is 519 g/mol. The van der Waals surface area contributed by atoms with Crippen molar-refractivity contribution in [3.63, 3.8) is 0 Å². The minimum atomic E-state index is -0.960. The first-order chi connectivity index (χ1) is 18.8. The summed E-state index contributed by atoms with van der Waals surface area (Å²) in [6.07, 6.45) is 0.336. The molecule has 3 aromatic carbocycles. The van der Waals surface area contributed by atoms with Crippen molar-refractivity contribution in [1.29, 1.82) is 5.26 Å². The van der Waals surface area contributed by atoms with Crippen molar-refractivity contribution in [2.75, 3.05) is 11.9 Å². The van der Waals surface area contributed by atoms with E-state index in [1.165, 1.54) is 17.7 Å². The molecule has 194 valence electrons. The Labute approximate surface area is 225 Å². The first-order valence-electron chi connectivity index (χ1n) is 12.4. The molecule has 2 N–H and O–H groups in total. The van der Waals surface area contributed by atoms with Crippen LogP contribution in [0.1, 0.15) is 45.0 Å². The van der Waals surface area contributed by atoms with Gasteiger partial charge in [-0.15, -0.1) is 0 Å². The van der Waals surface area contributed by atoms with Gasteiger partial charge in [-0.1, -0.05) is 24.3 Å². The zero-order chi connectivity index (χ0) is 27.5. The molecule has 4 aromatic rings. The van der Waals surface area contributed by atoms with Gasteiger partial charge in [-0.3, -0.25) is 9.59 Å². The number of benzene rings is 3. The second kappa shape index (κ2) is 10.7. The molecule has 2 heterocycles. The number of anilines is 1. The number of aliphatic carboxylic acids is 1. The van der Waals surface area contributed by atoms with Crippen molar-refractivity contribution >= 4 is 17.7 Å². The number of aromatic nitrogens is 1. The van der Waals surface area contributed by atoms with Crippen LogP contribution in [0.4, 0.5) is 5.82 Å². The second-order valence-corrected chi connectivity index (χ2v) is 9.26. The number of ether oxygens (including phenoxy) is 2. The van der Waals surface area contributed by atoms with E-state index in [4.69, 9.17) is 9.47 Å². The number of carboxylic acid groups (broad SMARTS) is 1. The molecule has 8 heteroatoms. The summed E-state index contributed by atoms with van der Waals surface area (Å²) in [7, 11) is 0. The Morgan fingerprint density at radius 3 is 2.59 bits per heavy atom. The number of carbonyl (C=O) groups is 2. The van der Waals surface area contributed by atoms with Crippen molar-refractivity contribution in [3.8, 4) is 34.6 Å². The summed E-state index contributed by atoms with van der Waals surface area (Å²) in [6.45, 7) is 4.36. The van der Waals surface area contributed by atoms with Crippen LogP contribution in [0.5, 0.6) is 17.2 Å². The Balaban J connectivity index is 1.31. The van der Waals surface area contributed by atoms with E-state index in [1.54, 1.807) is 30.3 Å². The van der Waals surface area contributed by atoms with Crippen LogP contribution < -0.4 is 14.8 Å². The number of hydrogen-bond donors (Lipinski definition) is 2. The van der Waals surface area contributed by atoms with E-state index >= 15 is 0 Å². The molecule has 1 aromatic heterocycles. The average molecular weight is 520 g/mol. The highest BCUT2D eigenvalue weighted by Crippen LogP contribution is 2.39. The number of amides is 1. The molecule has 1 aliphatic rings. The Morgan fingerprint density at radius 1 is 1.08 bits per heavy atom. The summed E-state index contributed by atoms with van der Waals surface area (Å²) < 4.78 is 11.5. The second-order valence-electron chi connectivity index (χ2n) is 9.26. The Hall–Kier alpha value is -5.16. The van der Waals surface area contributed by atoms with E-state index in [0.29, 0.717) is 34.9 Å². The number of rotatable bonds is 6. The molecule has 0 aliphatic carbocycles. The van der Waals surface area contributed by atoms with E-state index in [2.05, 4.69) is 16.4 Å². The lowest BCUT2D eigenvalue weighted by atomic mass is 9.91. The number of fused-ring (bicyclic) bond motifs is 1. The van der Waals surface area contributed by atoms with Gasteiger partial charge in [-0.2, -0.15) is 5.26 Å². The summed E-state index contributed by atoms with van der Waals surface area (Å²) in [4.78, 5) is 29.1. The molecule has 1 atom stereocenters.